The Hall–Kier alpha value is -2.24. The summed E-state index contributed by atoms with van der Waals surface area (Å²) in [4.78, 5) is 12.4. The van der Waals surface area contributed by atoms with Crippen molar-refractivity contribution in [3.63, 3.8) is 0 Å². The lowest BCUT2D eigenvalue weighted by Crippen LogP contribution is -1.96. The third-order valence-corrected chi connectivity index (χ3v) is 2.60. The van der Waals surface area contributed by atoms with Gasteiger partial charge in [-0.05, 0) is 6.07 Å². The van der Waals surface area contributed by atoms with Crippen LogP contribution in [0.5, 0.6) is 0 Å². The molecule has 0 spiro atoms. The molecule has 16 heavy (non-hydrogen) atoms. The van der Waals surface area contributed by atoms with Gasteiger partial charge in [-0.25, -0.2) is 0 Å². The second-order valence-corrected chi connectivity index (χ2v) is 3.68. The maximum atomic E-state index is 10.7. The summed E-state index contributed by atoms with van der Waals surface area (Å²) in [6.07, 6.45) is 1.65. The van der Waals surface area contributed by atoms with Crippen LogP contribution in [0.15, 0.2) is 24.4 Å². The molecule has 0 aliphatic carbocycles. The second kappa shape index (κ2) is 3.13. The average Bonchev–Trinajstić information content (AvgIpc) is 3.11. The SMILES string of the molecule is O=[N+]([O-])c1ccc2nncc(N3CC3)c2c1. The van der Waals surface area contributed by atoms with Crippen molar-refractivity contribution in [2.75, 3.05) is 18.0 Å². The van der Waals surface area contributed by atoms with Crippen molar-refractivity contribution in [1.29, 1.82) is 0 Å². The van der Waals surface area contributed by atoms with Crippen LogP contribution in [0, 0.1) is 10.1 Å². The van der Waals surface area contributed by atoms with E-state index in [2.05, 4.69) is 15.1 Å². The number of fused-ring (bicyclic) bond motifs is 1. The number of benzene rings is 1. The van der Waals surface area contributed by atoms with E-state index in [0.29, 0.717) is 5.52 Å². The van der Waals surface area contributed by atoms with Gasteiger partial charge in [0.05, 0.1) is 22.3 Å². The van der Waals surface area contributed by atoms with Crippen molar-refractivity contribution in [2.45, 2.75) is 0 Å². The fraction of sp³-hybridized carbons (Fsp3) is 0.200. The van der Waals surface area contributed by atoms with Crippen molar-refractivity contribution >= 4 is 22.3 Å². The highest BCUT2D eigenvalue weighted by Crippen LogP contribution is 2.30. The molecule has 1 aromatic carbocycles. The van der Waals surface area contributed by atoms with Crippen LogP contribution < -0.4 is 4.90 Å². The normalized spacial score (nSPS) is 14.1. The Morgan fingerprint density at radius 2 is 2.19 bits per heavy atom. The van der Waals surface area contributed by atoms with Gasteiger partial charge in [0.25, 0.3) is 5.69 Å². The molecule has 2 heterocycles. The van der Waals surface area contributed by atoms with Gasteiger partial charge < -0.3 is 4.90 Å². The van der Waals surface area contributed by atoms with E-state index in [-0.39, 0.29) is 5.69 Å². The summed E-state index contributed by atoms with van der Waals surface area (Å²) < 4.78 is 0. The molecule has 1 aliphatic heterocycles. The van der Waals surface area contributed by atoms with Gasteiger partial charge in [0.2, 0.25) is 0 Å². The zero-order valence-electron chi connectivity index (χ0n) is 8.33. The lowest BCUT2D eigenvalue weighted by Gasteiger charge is -2.05. The molecule has 0 bridgehead atoms. The Balaban J connectivity index is 2.26. The fourth-order valence-corrected chi connectivity index (χ4v) is 1.69. The van der Waals surface area contributed by atoms with Gasteiger partial charge in [-0.2, -0.15) is 10.2 Å². The Kier molecular flexibility index (Phi) is 1.76. The van der Waals surface area contributed by atoms with Gasteiger partial charge in [0, 0.05) is 30.6 Å². The molecule has 0 atom stereocenters. The van der Waals surface area contributed by atoms with E-state index in [0.717, 1.165) is 24.2 Å². The third-order valence-electron chi connectivity index (χ3n) is 2.60. The summed E-state index contributed by atoms with van der Waals surface area (Å²) in [6, 6.07) is 4.63. The van der Waals surface area contributed by atoms with Crippen molar-refractivity contribution in [1.82, 2.24) is 10.2 Å². The minimum Gasteiger partial charge on any atom is -0.366 e. The first-order valence-electron chi connectivity index (χ1n) is 4.90. The quantitative estimate of drug-likeness (QED) is 0.430. The smallest absolute Gasteiger partial charge is 0.270 e. The van der Waals surface area contributed by atoms with Gasteiger partial charge in [-0.3, -0.25) is 10.1 Å². The third kappa shape index (κ3) is 1.35. The number of nitro benzene ring substituents is 1. The molecule has 1 fully saturated rings. The molecule has 1 aromatic heterocycles. The van der Waals surface area contributed by atoms with E-state index in [1.54, 1.807) is 18.3 Å². The highest BCUT2D eigenvalue weighted by molar-refractivity contribution is 5.93. The molecule has 6 nitrogen and oxygen atoms in total. The molecule has 80 valence electrons. The van der Waals surface area contributed by atoms with Crippen molar-refractivity contribution < 1.29 is 4.92 Å². The van der Waals surface area contributed by atoms with Gasteiger partial charge in [-0.1, -0.05) is 0 Å². The molecule has 0 radical (unpaired) electrons. The van der Waals surface area contributed by atoms with Crippen LogP contribution in [0.3, 0.4) is 0 Å². The summed E-state index contributed by atoms with van der Waals surface area (Å²) in [5.41, 5.74) is 1.70. The standard InChI is InChI=1S/C10H8N4O2/c15-14(16)7-1-2-9-8(5-7)10(6-11-12-9)13-3-4-13/h1-2,5-6H,3-4H2. The minimum absolute atomic E-state index is 0.0867. The number of hydrogen-bond donors (Lipinski definition) is 0. The number of non-ortho nitro benzene ring substituents is 1. The molecule has 0 N–H and O–H groups in total. The summed E-state index contributed by atoms with van der Waals surface area (Å²) in [6.45, 7) is 1.95. The Morgan fingerprint density at radius 3 is 2.88 bits per heavy atom. The Labute approximate surface area is 90.7 Å². The lowest BCUT2D eigenvalue weighted by atomic mass is 10.2. The van der Waals surface area contributed by atoms with E-state index in [1.165, 1.54) is 6.07 Å². The number of rotatable bonds is 2. The first-order valence-corrected chi connectivity index (χ1v) is 4.90. The van der Waals surface area contributed by atoms with Gasteiger partial charge in [0.1, 0.15) is 0 Å². The van der Waals surface area contributed by atoms with E-state index in [4.69, 9.17) is 0 Å². The molecule has 3 rings (SSSR count). The highest BCUT2D eigenvalue weighted by atomic mass is 16.6. The first kappa shape index (κ1) is 9.02. The van der Waals surface area contributed by atoms with E-state index in [1.807, 2.05) is 0 Å². The van der Waals surface area contributed by atoms with Crippen molar-refractivity contribution in [3.05, 3.63) is 34.5 Å². The number of nitro groups is 1. The number of hydrogen-bond acceptors (Lipinski definition) is 5. The first-order chi connectivity index (χ1) is 7.75. The van der Waals surface area contributed by atoms with Crippen LogP contribution in [0.1, 0.15) is 0 Å². The highest BCUT2D eigenvalue weighted by Gasteiger charge is 2.21. The van der Waals surface area contributed by atoms with Crippen molar-refractivity contribution in [2.24, 2.45) is 0 Å². The Bertz CT molecular complexity index is 580. The number of nitrogens with zero attached hydrogens (tertiary/aromatic N) is 4. The number of anilines is 1. The molecule has 1 saturated heterocycles. The van der Waals surface area contributed by atoms with Crippen molar-refractivity contribution in [3.8, 4) is 0 Å². The van der Waals surface area contributed by atoms with Gasteiger partial charge in [-0.15, -0.1) is 0 Å². The maximum absolute atomic E-state index is 10.7. The van der Waals surface area contributed by atoms with Crippen LogP contribution in [0.2, 0.25) is 0 Å². The molecular weight excluding hydrogens is 208 g/mol. The predicted octanol–water partition coefficient (Wildman–Crippen LogP) is 1.36. The monoisotopic (exact) mass is 216 g/mol. The molecule has 0 amide bonds. The molecular formula is C10H8N4O2. The Morgan fingerprint density at radius 1 is 1.38 bits per heavy atom. The summed E-state index contributed by atoms with van der Waals surface area (Å²) in [5, 5.41) is 19.3. The van der Waals surface area contributed by atoms with Crippen LogP contribution in [-0.4, -0.2) is 28.2 Å². The van der Waals surface area contributed by atoms with Gasteiger partial charge in [0.15, 0.2) is 0 Å². The molecule has 2 aromatic rings. The van der Waals surface area contributed by atoms with Crippen LogP contribution in [0.25, 0.3) is 10.9 Å². The molecule has 0 unspecified atom stereocenters. The lowest BCUT2D eigenvalue weighted by molar-refractivity contribution is -0.384. The predicted molar refractivity (Wildman–Crippen MR) is 58.4 cm³/mol. The molecule has 0 saturated carbocycles. The summed E-state index contributed by atoms with van der Waals surface area (Å²) in [5.74, 6) is 0. The second-order valence-electron chi connectivity index (χ2n) is 3.68. The van der Waals surface area contributed by atoms with Crippen LogP contribution in [0.4, 0.5) is 11.4 Å². The molecule has 6 heteroatoms. The van der Waals surface area contributed by atoms with E-state index < -0.39 is 4.92 Å². The van der Waals surface area contributed by atoms with Crippen LogP contribution in [-0.2, 0) is 0 Å². The van der Waals surface area contributed by atoms with Crippen LogP contribution >= 0.6 is 0 Å². The summed E-state index contributed by atoms with van der Waals surface area (Å²) >= 11 is 0. The van der Waals surface area contributed by atoms with E-state index >= 15 is 0 Å². The van der Waals surface area contributed by atoms with E-state index in [9.17, 15) is 10.1 Å². The number of aromatic nitrogens is 2. The zero-order chi connectivity index (χ0) is 11.1. The summed E-state index contributed by atoms with van der Waals surface area (Å²) in [7, 11) is 0. The largest absolute Gasteiger partial charge is 0.366 e. The van der Waals surface area contributed by atoms with Gasteiger partial charge >= 0.3 is 0 Å². The fourth-order valence-electron chi connectivity index (χ4n) is 1.69. The zero-order valence-corrected chi connectivity index (χ0v) is 8.33. The average molecular weight is 216 g/mol. The topological polar surface area (TPSA) is 71.9 Å². The maximum Gasteiger partial charge on any atom is 0.270 e. The minimum atomic E-state index is -0.397. The molecule has 1 aliphatic rings.